The van der Waals surface area contributed by atoms with Gasteiger partial charge in [-0.15, -0.1) is 11.8 Å². The van der Waals surface area contributed by atoms with Crippen molar-refractivity contribution in [2.24, 2.45) is 11.8 Å². The number of fused-ring (bicyclic) bond motifs is 3. The molecule has 1 aromatic carbocycles. The summed E-state index contributed by atoms with van der Waals surface area (Å²) < 4.78 is 6.31. The molecule has 0 aromatic heterocycles. The summed E-state index contributed by atoms with van der Waals surface area (Å²) in [7, 11) is 3.56. The van der Waals surface area contributed by atoms with Crippen molar-refractivity contribution in [1.82, 2.24) is 4.90 Å². The van der Waals surface area contributed by atoms with Crippen LogP contribution in [0, 0.1) is 23.7 Å². The number of hydrogen-bond acceptors (Lipinski definition) is 4. The Labute approximate surface area is 186 Å². The summed E-state index contributed by atoms with van der Waals surface area (Å²) in [6.07, 6.45) is 5.98. The van der Waals surface area contributed by atoms with Crippen molar-refractivity contribution < 1.29 is 19.7 Å². The van der Waals surface area contributed by atoms with Crippen LogP contribution in [0.15, 0.2) is 30.4 Å². The van der Waals surface area contributed by atoms with Crippen molar-refractivity contribution in [1.29, 1.82) is 0 Å². The number of ether oxygens (including phenoxy) is 1. The zero-order valence-electron chi connectivity index (χ0n) is 19.0. The lowest BCUT2D eigenvalue weighted by Gasteiger charge is -2.19. The highest BCUT2D eigenvalue weighted by molar-refractivity contribution is 5.75. The van der Waals surface area contributed by atoms with Crippen molar-refractivity contribution in [2.75, 3.05) is 14.1 Å². The number of para-hydroxylation sites is 1. The maximum atomic E-state index is 11.9. The van der Waals surface area contributed by atoms with E-state index >= 15 is 0 Å². The number of aliphatic hydroxyl groups is 2. The maximum absolute atomic E-state index is 11.9. The summed E-state index contributed by atoms with van der Waals surface area (Å²) in [6.45, 7) is 3.78. The van der Waals surface area contributed by atoms with Crippen molar-refractivity contribution in [2.45, 2.75) is 70.2 Å². The minimum absolute atomic E-state index is 0.0432. The normalized spacial score (nSPS) is 25.9. The van der Waals surface area contributed by atoms with Crippen LogP contribution in [-0.4, -0.2) is 53.4 Å². The Hall–Kier alpha value is -2.29. The molecule has 1 heterocycles. The Balaban J connectivity index is 1.72. The van der Waals surface area contributed by atoms with Gasteiger partial charge in [-0.25, -0.2) is 0 Å². The van der Waals surface area contributed by atoms with E-state index in [4.69, 9.17) is 4.74 Å². The SMILES string of the molecule is CC#CCC(C)[C@H](O)C=C[C@@H]1[C@H]2c3cccc(CCCC(=O)N(C)C)c3O[C@H]2C[C@H]1O. The molecule has 1 aromatic rings. The van der Waals surface area contributed by atoms with Crippen LogP contribution in [0.2, 0.25) is 0 Å². The molecule has 168 valence electrons. The zero-order chi connectivity index (χ0) is 22.5. The van der Waals surface area contributed by atoms with Gasteiger partial charge in [-0.05, 0) is 31.2 Å². The largest absolute Gasteiger partial charge is 0.489 e. The van der Waals surface area contributed by atoms with E-state index in [1.165, 1.54) is 0 Å². The van der Waals surface area contributed by atoms with E-state index < -0.39 is 12.2 Å². The summed E-state index contributed by atoms with van der Waals surface area (Å²) in [5.41, 5.74) is 2.26. The Bertz CT molecular complexity index is 866. The van der Waals surface area contributed by atoms with E-state index in [1.807, 2.05) is 25.1 Å². The van der Waals surface area contributed by atoms with E-state index in [2.05, 4.69) is 24.0 Å². The lowest BCUT2D eigenvalue weighted by molar-refractivity contribution is -0.128. The number of aryl methyl sites for hydroxylation is 1. The Morgan fingerprint density at radius 2 is 2.16 bits per heavy atom. The Kier molecular flexibility index (Phi) is 7.80. The molecule has 0 spiro atoms. The first-order chi connectivity index (χ1) is 14.8. The molecular weight excluding hydrogens is 390 g/mol. The molecule has 3 rings (SSSR count). The molecule has 1 aliphatic carbocycles. The van der Waals surface area contributed by atoms with Gasteiger partial charge in [-0.3, -0.25) is 4.79 Å². The van der Waals surface area contributed by atoms with E-state index in [0.29, 0.717) is 19.3 Å². The molecule has 31 heavy (non-hydrogen) atoms. The molecule has 1 aliphatic heterocycles. The van der Waals surface area contributed by atoms with Gasteiger partial charge in [0.2, 0.25) is 5.91 Å². The summed E-state index contributed by atoms with van der Waals surface area (Å²) in [4.78, 5) is 13.5. The molecule has 5 nitrogen and oxygen atoms in total. The zero-order valence-corrected chi connectivity index (χ0v) is 19.0. The Morgan fingerprint density at radius 1 is 1.39 bits per heavy atom. The van der Waals surface area contributed by atoms with E-state index in [9.17, 15) is 15.0 Å². The second kappa shape index (κ2) is 10.3. The molecule has 2 N–H and O–H groups in total. The van der Waals surface area contributed by atoms with Gasteiger partial charge in [-0.1, -0.05) is 37.3 Å². The highest BCUT2D eigenvalue weighted by Gasteiger charge is 2.48. The lowest BCUT2D eigenvalue weighted by atomic mass is 9.86. The third-order valence-electron chi connectivity index (χ3n) is 6.54. The molecule has 6 atom stereocenters. The third kappa shape index (κ3) is 5.31. The lowest BCUT2D eigenvalue weighted by Crippen LogP contribution is -2.21. The monoisotopic (exact) mass is 425 g/mol. The van der Waals surface area contributed by atoms with Crippen molar-refractivity contribution >= 4 is 5.91 Å². The van der Waals surface area contributed by atoms with Crippen LogP contribution < -0.4 is 4.74 Å². The van der Waals surface area contributed by atoms with E-state index in [-0.39, 0.29) is 29.8 Å². The number of rotatable bonds is 8. The van der Waals surface area contributed by atoms with Crippen LogP contribution >= 0.6 is 0 Å². The van der Waals surface area contributed by atoms with Crippen LogP contribution in [0.25, 0.3) is 0 Å². The number of carbonyl (C=O) groups is 1. The van der Waals surface area contributed by atoms with Gasteiger partial charge in [0.15, 0.2) is 0 Å². The van der Waals surface area contributed by atoms with Gasteiger partial charge in [0, 0.05) is 50.8 Å². The number of hydrogen-bond donors (Lipinski definition) is 2. The maximum Gasteiger partial charge on any atom is 0.222 e. The summed E-state index contributed by atoms with van der Waals surface area (Å²) in [5, 5.41) is 21.1. The van der Waals surface area contributed by atoms with Gasteiger partial charge in [0.25, 0.3) is 0 Å². The molecule has 1 amide bonds. The number of amides is 1. The Morgan fingerprint density at radius 3 is 2.87 bits per heavy atom. The third-order valence-corrected chi connectivity index (χ3v) is 6.54. The molecule has 1 fully saturated rings. The van der Waals surface area contributed by atoms with Crippen LogP contribution in [0.3, 0.4) is 0 Å². The second-order valence-electron chi connectivity index (χ2n) is 9.02. The summed E-state index contributed by atoms with van der Waals surface area (Å²) in [6, 6.07) is 6.20. The topological polar surface area (TPSA) is 70.0 Å². The van der Waals surface area contributed by atoms with Crippen molar-refractivity contribution in [3.8, 4) is 17.6 Å². The van der Waals surface area contributed by atoms with Gasteiger partial charge in [0.1, 0.15) is 11.9 Å². The van der Waals surface area contributed by atoms with Gasteiger partial charge >= 0.3 is 0 Å². The van der Waals surface area contributed by atoms with Gasteiger partial charge in [0.05, 0.1) is 12.2 Å². The predicted molar refractivity (Wildman–Crippen MR) is 122 cm³/mol. The van der Waals surface area contributed by atoms with Crippen molar-refractivity contribution in [3.05, 3.63) is 41.5 Å². The number of nitrogens with zero attached hydrogens (tertiary/aromatic N) is 1. The molecule has 1 unspecified atom stereocenters. The van der Waals surface area contributed by atoms with Gasteiger partial charge in [-0.2, -0.15) is 0 Å². The van der Waals surface area contributed by atoms with Crippen LogP contribution in [0.1, 0.15) is 56.6 Å². The van der Waals surface area contributed by atoms with Crippen molar-refractivity contribution in [3.63, 3.8) is 0 Å². The smallest absolute Gasteiger partial charge is 0.222 e. The minimum atomic E-state index is -0.588. The first-order valence-electron chi connectivity index (χ1n) is 11.3. The highest BCUT2D eigenvalue weighted by atomic mass is 16.5. The number of aliphatic hydroxyl groups excluding tert-OH is 2. The summed E-state index contributed by atoms with van der Waals surface area (Å²) in [5.74, 6) is 6.98. The number of benzene rings is 1. The minimum Gasteiger partial charge on any atom is -0.489 e. The first kappa shape index (κ1) is 23.4. The van der Waals surface area contributed by atoms with E-state index in [0.717, 1.165) is 29.7 Å². The standard InChI is InChI=1S/C26H35NO4/c1-5-6-9-17(2)21(28)15-14-19-22(29)16-23-25(19)20-12-7-10-18(26(20)31-23)11-8-13-24(30)27(3)4/h7,10,12,14-15,17,19,21-23,25,28-29H,8-9,11,13,16H2,1-4H3/t17?,19-,21+,22+,23-,25-/m0/s1. The quantitative estimate of drug-likeness (QED) is 0.495. The summed E-state index contributed by atoms with van der Waals surface area (Å²) >= 11 is 0. The molecule has 2 aliphatic rings. The molecular formula is C26H35NO4. The molecule has 0 saturated heterocycles. The first-order valence-corrected chi connectivity index (χ1v) is 11.3. The van der Waals surface area contributed by atoms with Crippen LogP contribution in [0.5, 0.6) is 5.75 Å². The van der Waals surface area contributed by atoms with E-state index in [1.54, 1.807) is 25.9 Å². The van der Waals surface area contributed by atoms with Crippen LogP contribution in [0.4, 0.5) is 0 Å². The molecule has 0 radical (unpaired) electrons. The molecule has 0 bridgehead atoms. The molecule has 5 heteroatoms. The fourth-order valence-corrected chi connectivity index (χ4v) is 4.63. The second-order valence-corrected chi connectivity index (χ2v) is 9.02. The van der Waals surface area contributed by atoms with Gasteiger partial charge < -0.3 is 19.8 Å². The molecule has 1 saturated carbocycles. The number of carbonyl (C=O) groups excluding carboxylic acids is 1. The fourth-order valence-electron chi connectivity index (χ4n) is 4.63. The fraction of sp³-hybridized carbons (Fsp3) is 0.577. The average Bonchev–Trinajstić information content (AvgIpc) is 3.25. The average molecular weight is 426 g/mol. The highest BCUT2D eigenvalue weighted by Crippen LogP contribution is 2.52. The predicted octanol–water partition coefficient (Wildman–Crippen LogP) is 3.29. The van der Waals surface area contributed by atoms with Crippen LogP contribution in [-0.2, 0) is 11.2 Å².